The topological polar surface area (TPSA) is 84.5 Å². The van der Waals surface area contributed by atoms with Gasteiger partial charge in [-0.15, -0.1) is 11.3 Å². The monoisotopic (exact) mass is 415 g/mol. The van der Waals surface area contributed by atoms with Crippen LogP contribution < -0.4 is 10.5 Å². The number of aliphatic imine (C=N–C) groups is 1. The Labute approximate surface area is 126 Å². The first-order valence-electron chi connectivity index (χ1n) is 5.05. The van der Waals surface area contributed by atoms with Crippen molar-refractivity contribution in [1.82, 2.24) is 4.72 Å². The molecule has 9 heteroatoms. The summed E-state index contributed by atoms with van der Waals surface area (Å²) in [5, 5.41) is 0. The fraction of sp³-hybridized carbons (Fsp3) is 0.444. The number of thiophene rings is 1. The summed E-state index contributed by atoms with van der Waals surface area (Å²) in [6, 6.07) is 1.68. The van der Waals surface area contributed by atoms with Gasteiger partial charge in [0.2, 0.25) is 5.96 Å². The van der Waals surface area contributed by atoms with Crippen molar-refractivity contribution in [2.24, 2.45) is 10.7 Å². The lowest BCUT2D eigenvalue weighted by atomic mass is 10.3. The van der Waals surface area contributed by atoms with Crippen molar-refractivity contribution in [3.63, 3.8) is 0 Å². The molecule has 0 aliphatic heterocycles. The molecule has 18 heavy (non-hydrogen) atoms. The standard InChI is InChI=1S/C9H11Br2N3O2S2/c1-9(2-3-9)13-8(12)14-18(15,16)7-5(10)4-6(11)17-7/h4H,2-3H2,1H3,(H3,12,13,14). The number of rotatable bonds is 3. The van der Waals surface area contributed by atoms with Gasteiger partial charge in [0.05, 0.1) is 13.8 Å². The van der Waals surface area contributed by atoms with E-state index in [-0.39, 0.29) is 15.7 Å². The molecule has 1 aliphatic rings. The number of nitrogens with one attached hydrogen (secondary N) is 1. The Hall–Kier alpha value is -0.120. The van der Waals surface area contributed by atoms with Crippen LogP contribution in [0.3, 0.4) is 0 Å². The number of halogens is 2. The summed E-state index contributed by atoms with van der Waals surface area (Å²) < 4.78 is 27.8. The van der Waals surface area contributed by atoms with Crippen LogP contribution in [0.1, 0.15) is 19.8 Å². The van der Waals surface area contributed by atoms with Crippen LogP contribution in [0.4, 0.5) is 0 Å². The molecule has 0 aromatic carbocycles. The molecule has 100 valence electrons. The van der Waals surface area contributed by atoms with E-state index in [1.807, 2.05) is 6.92 Å². The van der Waals surface area contributed by atoms with Crippen molar-refractivity contribution in [1.29, 1.82) is 0 Å². The zero-order valence-electron chi connectivity index (χ0n) is 9.41. The molecule has 1 aliphatic carbocycles. The summed E-state index contributed by atoms with van der Waals surface area (Å²) in [4.78, 5) is 4.15. The average molecular weight is 417 g/mol. The highest BCUT2D eigenvalue weighted by Crippen LogP contribution is 2.39. The summed E-state index contributed by atoms with van der Waals surface area (Å²) in [5.41, 5.74) is 5.42. The number of hydrogen-bond acceptors (Lipinski definition) is 4. The zero-order valence-corrected chi connectivity index (χ0v) is 14.2. The molecule has 5 nitrogen and oxygen atoms in total. The SMILES string of the molecule is CC1(N=C(N)NS(=O)(=O)c2sc(Br)cc2Br)CC1. The molecule has 0 saturated heterocycles. The Morgan fingerprint density at radius 3 is 2.61 bits per heavy atom. The van der Waals surface area contributed by atoms with E-state index in [1.54, 1.807) is 6.07 Å². The van der Waals surface area contributed by atoms with Gasteiger partial charge in [0, 0.05) is 0 Å². The smallest absolute Gasteiger partial charge is 0.274 e. The summed E-state index contributed by atoms with van der Waals surface area (Å²) in [6.07, 6.45) is 1.87. The third kappa shape index (κ3) is 3.25. The van der Waals surface area contributed by atoms with E-state index in [1.165, 1.54) is 0 Å². The molecule has 0 unspecified atom stereocenters. The van der Waals surface area contributed by atoms with Crippen molar-refractivity contribution >= 4 is 59.2 Å². The summed E-state index contributed by atoms with van der Waals surface area (Å²) in [6.45, 7) is 1.94. The fourth-order valence-electron chi connectivity index (χ4n) is 1.30. The van der Waals surface area contributed by atoms with Crippen LogP contribution >= 0.6 is 43.2 Å². The minimum Gasteiger partial charge on any atom is -0.369 e. The van der Waals surface area contributed by atoms with E-state index in [0.717, 1.165) is 28.0 Å². The Morgan fingerprint density at radius 1 is 1.56 bits per heavy atom. The van der Waals surface area contributed by atoms with E-state index in [2.05, 4.69) is 41.6 Å². The summed E-state index contributed by atoms with van der Waals surface area (Å²) >= 11 is 7.54. The molecule has 1 aromatic heterocycles. The van der Waals surface area contributed by atoms with Gasteiger partial charge in [-0.2, -0.15) is 0 Å². The highest BCUT2D eigenvalue weighted by molar-refractivity contribution is 9.11. The highest BCUT2D eigenvalue weighted by atomic mass is 79.9. The lowest BCUT2D eigenvalue weighted by Gasteiger charge is -2.08. The van der Waals surface area contributed by atoms with Gasteiger partial charge >= 0.3 is 0 Å². The van der Waals surface area contributed by atoms with Crippen molar-refractivity contribution in [2.75, 3.05) is 0 Å². The van der Waals surface area contributed by atoms with Crippen molar-refractivity contribution < 1.29 is 8.42 Å². The maximum Gasteiger partial charge on any atom is 0.274 e. The van der Waals surface area contributed by atoms with Crippen LogP contribution in [0.5, 0.6) is 0 Å². The van der Waals surface area contributed by atoms with Crippen LogP contribution in [-0.2, 0) is 10.0 Å². The minimum atomic E-state index is -3.68. The molecule has 1 aromatic rings. The molecule has 3 N–H and O–H groups in total. The van der Waals surface area contributed by atoms with Crippen LogP contribution in [0.2, 0.25) is 0 Å². The van der Waals surface area contributed by atoms with Crippen LogP contribution in [-0.4, -0.2) is 19.9 Å². The maximum absolute atomic E-state index is 12.1. The first-order chi connectivity index (χ1) is 8.22. The molecular weight excluding hydrogens is 406 g/mol. The predicted octanol–water partition coefficient (Wildman–Crippen LogP) is 2.42. The molecule has 0 amide bonds. The summed E-state index contributed by atoms with van der Waals surface area (Å²) in [5.74, 6) is -0.0635. The first kappa shape index (κ1) is 14.3. The molecule has 0 radical (unpaired) electrons. The molecule has 0 spiro atoms. The van der Waals surface area contributed by atoms with Crippen LogP contribution in [0.15, 0.2) is 23.5 Å². The van der Waals surface area contributed by atoms with E-state index in [0.29, 0.717) is 4.47 Å². The third-order valence-corrected chi connectivity index (χ3v) is 7.15. The molecule has 0 atom stereocenters. The minimum absolute atomic E-state index is 0.0635. The van der Waals surface area contributed by atoms with Gasteiger partial charge in [-0.1, -0.05) is 0 Å². The van der Waals surface area contributed by atoms with Gasteiger partial charge in [-0.05, 0) is 57.7 Å². The second-order valence-corrected chi connectivity index (χ2v) is 9.45. The lowest BCUT2D eigenvalue weighted by Crippen LogP contribution is -2.37. The van der Waals surface area contributed by atoms with Crippen molar-refractivity contribution in [2.45, 2.75) is 29.5 Å². The lowest BCUT2D eigenvalue weighted by molar-refractivity contribution is 0.593. The third-order valence-electron chi connectivity index (χ3n) is 2.47. The fourth-order valence-corrected chi connectivity index (χ4v) is 5.98. The number of sulfonamides is 1. The first-order valence-corrected chi connectivity index (χ1v) is 8.93. The molecule has 1 saturated carbocycles. The van der Waals surface area contributed by atoms with Gasteiger partial charge in [0.25, 0.3) is 10.0 Å². The Morgan fingerprint density at radius 2 is 2.17 bits per heavy atom. The predicted molar refractivity (Wildman–Crippen MR) is 79.3 cm³/mol. The molecule has 2 rings (SSSR count). The average Bonchev–Trinajstić information content (AvgIpc) is 2.79. The van der Waals surface area contributed by atoms with Crippen molar-refractivity contribution in [3.05, 3.63) is 14.3 Å². The number of guanidine groups is 1. The molecule has 1 fully saturated rings. The van der Waals surface area contributed by atoms with Gasteiger partial charge < -0.3 is 5.73 Å². The van der Waals surface area contributed by atoms with Crippen LogP contribution in [0.25, 0.3) is 0 Å². The molecule has 0 bridgehead atoms. The van der Waals surface area contributed by atoms with E-state index < -0.39 is 10.0 Å². The molecule has 1 heterocycles. The Kier molecular flexibility index (Phi) is 3.79. The summed E-state index contributed by atoms with van der Waals surface area (Å²) in [7, 11) is -3.68. The quantitative estimate of drug-likeness (QED) is 0.586. The Balaban J connectivity index is 2.22. The number of hydrogen-bond donors (Lipinski definition) is 2. The van der Waals surface area contributed by atoms with E-state index in [4.69, 9.17) is 5.73 Å². The van der Waals surface area contributed by atoms with Gasteiger partial charge in [-0.3, -0.25) is 0 Å². The largest absolute Gasteiger partial charge is 0.369 e. The zero-order chi connectivity index (χ0) is 13.6. The highest BCUT2D eigenvalue weighted by Gasteiger charge is 2.37. The van der Waals surface area contributed by atoms with Gasteiger partial charge in [-0.25, -0.2) is 18.1 Å². The van der Waals surface area contributed by atoms with Gasteiger partial charge in [0.15, 0.2) is 4.21 Å². The maximum atomic E-state index is 12.1. The Bertz CT molecular complexity index is 605. The molecular formula is C9H11Br2N3O2S2. The van der Waals surface area contributed by atoms with E-state index >= 15 is 0 Å². The van der Waals surface area contributed by atoms with Crippen molar-refractivity contribution in [3.8, 4) is 0 Å². The second-order valence-electron chi connectivity index (χ2n) is 4.29. The number of nitrogens with two attached hydrogens (primary N) is 1. The second kappa shape index (κ2) is 4.77. The normalized spacial score (nSPS) is 18.7. The van der Waals surface area contributed by atoms with Gasteiger partial charge in [0.1, 0.15) is 0 Å². The van der Waals surface area contributed by atoms with E-state index in [9.17, 15) is 8.42 Å². The number of nitrogens with zero attached hydrogens (tertiary/aromatic N) is 1. The van der Waals surface area contributed by atoms with Crippen LogP contribution in [0, 0.1) is 0 Å².